The van der Waals surface area contributed by atoms with Gasteiger partial charge in [0.05, 0.1) is 10.6 Å². The van der Waals surface area contributed by atoms with Crippen molar-refractivity contribution in [1.82, 2.24) is 5.32 Å². The highest BCUT2D eigenvalue weighted by molar-refractivity contribution is 7.91. The van der Waals surface area contributed by atoms with Crippen LogP contribution in [-0.2, 0) is 16.3 Å². The molecule has 1 aromatic rings. The monoisotopic (exact) mass is 255 g/mol. The van der Waals surface area contributed by atoms with Crippen LogP contribution in [0.1, 0.15) is 26.3 Å². The van der Waals surface area contributed by atoms with Gasteiger partial charge in [-0.25, -0.2) is 8.42 Å². The van der Waals surface area contributed by atoms with Crippen molar-refractivity contribution in [3.8, 4) is 0 Å². The molecule has 0 fully saturated rings. The van der Waals surface area contributed by atoms with Crippen LogP contribution in [0.5, 0.6) is 0 Å². The Morgan fingerprint density at radius 3 is 2.47 bits per heavy atom. The molecule has 0 radical (unpaired) electrons. The van der Waals surface area contributed by atoms with Crippen LogP contribution in [0, 0.1) is 0 Å². The molecule has 0 spiro atoms. The third-order valence-corrected chi connectivity index (χ3v) is 4.59. The van der Waals surface area contributed by atoms with E-state index in [0.717, 1.165) is 18.5 Å². The molecule has 0 aliphatic rings. The lowest BCUT2D eigenvalue weighted by atomic mass is 10.1. The minimum atomic E-state index is -3.12. The Hall–Kier alpha value is -0.870. The van der Waals surface area contributed by atoms with Crippen LogP contribution >= 0.6 is 0 Å². The van der Waals surface area contributed by atoms with Crippen LogP contribution in [0.2, 0.25) is 0 Å². The zero-order chi connectivity index (χ0) is 12.9. The van der Waals surface area contributed by atoms with Gasteiger partial charge in [0, 0.05) is 6.04 Å². The molecule has 3 nitrogen and oxygen atoms in total. The Kier molecular flexibility index (Phi) is 5.15. The maximum atomic E-state index is 11.9. The molecule has 1 unspecified atom stereocenters. The molecule has 1 atom stereocenters. The molecular weight excluding hydrogens is 234 g/mol. The molecule has 1 rings (SSSR count). The van der Waals surface area contributed by atoms with Gasteiger partial charge in [-0.05, 0) is 31.5 Å². The van der Waals surface area contributed by atoms with Gasteiger partial charge in [-0.2, -0.15) is 0 Å². The van der Waals surface area contributed by atoms with Crippen LogP contribution in [0.15, 0.2) is 29.2 Å². The first-order valence-corrected chi connectivity index (χ1v) is 7.70. The number of rotatable bonds is 6. The molecule has 96 valence electrons. The zero-order valence-corrected chi connectivity index (χ0v) is 11.5. The average molecular weight is 255 g/mol. The first-order chi connectivity index (χ1) is 8.01. The maximum Gasteiger partial charge on any atom is 0.178 e. The third-order valence-electron chi connectivity index (χ3n) is 2.77. The molecule has 0 heterocycles. The SMILES string of the molecule is CCNC(C)Cc1ccccc1S(=O)(=O)CC. The minimum absolute atomic E-state index is 0.152. The van der Waals surface area contributed by atoms with Crippen molar-refractivity contribution >= 4 is 9.84 Å². The molecular formula is C13H21NO2S. The fourth-order valence-electron chi connectivity index (χ4n) is 1.88. The first-order valence-electron chi connectivity index (χ1n) is 6.05. The van der Waals surface area contributed by atoms with E-state index in [4.69, 9.17) is 0 Å². The number of hydrogen-bond donors (Lipinski definition) is 1. The molecule has 17 heavy (non-hydrogen) atoms. The van der Waals surface area contributed by atoms with Gasteiger partial charge in [-0.15, -0.1) is 0 Å². The number of likely N-dealkylation sites (N-methyl/N-ethyl adjacent to an activating group) is 1. The van der Waals surface area contributed by atoms with Gasteiger partial charge in [0.25, 0.3) is 0 Å². The predicted molar refractivity (Wildman–Crippen MR) is 71.0 cm³/mol. The van der Waals surface area contributed by atoms with E-state index in [2.05, 4.69) is 12.2 Å². The smallest absolute Gasteiger partial charge is 0.178 e. The van der Waals surface area contributed by atoms with Gasteiger partial charge in [0.1, 0.15) is 0 Å². The average Bonchev–Trinajstić information content (AvgIpc) is 2.30. The summed E-state index contributed by atoms with van der Waals surface area (Å²) < 4.78 is 23.9. The zero-order valence-electron chi connectivity index (χ0n) is 10.7. The second kappa shape index (κ2) is 6.17. The van der Waals surface area contributed by atoms with Gasteiger partial charge < -0.3 is 5.32 Å². The molecule has 0 bridgehead atoms. The van der Waals surface area contributed by atoms with Crippen LogP contribution in [0.25, 0.3) is 0 Å². The number of nitrogens with one attached hydrogen (secondary N) is 1. The fraction of sp³-hybridized carbons (Fsp3) is 0.538. The number of benzene rings is 1. The van der Waals surface area contributed by atoms with Gasteiger partial charge in [0.2, 0.25) is 0 Å². The number of hydrogen-bond acceptors (Lipinski definition) is 3. The van der Waals surface area contributed by atoms with Crippen molar-refractivity contribution in [2.24, 2.45) is 0 Å². The third kappa shape index (κ3) is 3.82. The summed E-state index contributed by atoms with van der Waals surface area (Å²) in [7, 11) is -3.12. The van der Waals surface area contributed by atoms with Crippen molar-refractivity contribution in [3.05, 3.63) is 29.8 Å². The van der Waals surface area contributed by atoms with E-state index in [1.165, 1.54) is 0 Å². The Bertz CT molecular complexity index is 454. The van der Waals surface area contributed by atoms with Crippen molar-refractivity contribution in [2.45, 2.75) is 38.1 Å². The quantitative estimate of drug-likeness (QED) is 0.846. The van der Waals surface area contributed by atoms with Crippen LogP contribution < -0.4 is 5.32 Å². The van der Waals surface area contributed by atoms with Crippen molar-refractivity contribution < 1.29 is 8.42 Å². The highest BCUT2D eigenvalue weighted by Crippen LogP contribution is 2.18. The molecule has 0 saturated heterocycles. The standard InChI is InChI=1S/C13H21NO2S/c1-4-14-11(3)10-12-8-6-7-9-13(12)17(15,16)5-2/h6-9,11,14H,4-5,10H2,1-3H3. The molecule has 4 heteroatoms. The van der Waals surface area contributed by atoms with Crippen LogP contribution in [0.4, 0.5) is 0 Å². The Morgan fingerprint density at radius 2 is 1.88 bits per heavy atom. The maximum absolute atomic E-state index is 11.9. The number of sulfone groups is 1. The lowest BCUT2D eigenvalue weighted by Gasteiger charge is -2.15. The second-order valence-electron chi connectivity index (χ2n) is 4.17. The summed E-state index contributed by atoms with van der Waals surface area (Å²) in [4.78, 5) is 0.479. The van der Waals surface area contributed by atoms with Crippen LogP contribution in [0.3, 0.4) is 0 Å². The second-order valence-corrected chi connectivity index (χ2v) is 6.42. The first kappa shape index (κ1) is 14.2. The summed E-state index contributed by atoms with van der Waals surface area (Å²) >= 11 is 0. The van der Waals surface area contributed by atoms with Gasteiger partial charge >= 0.3 is 0 Å². The minimum Gasteiger partial charge on any atom is -0.314 e. The van der Waals surface area contributed by atoms with Crippen molar-refractivity contribution in [3.63, 3.8) is 0 Å². The summed E-state index contributed by atoms with van der Waals surface area (Å²) in [6.45, 7) is 6.69. The van der Waals surface area contributed by atoms with Crippen molar-refractivity contribution in [1.29, 1.82) is 0 Å². The Balaban J connectivity index is 3.01. The van der Waals surface area contributed by atoms with E-state index >= 15 is 0 Å². The summed E-state index contributed by atoms with van der Waals surface area (Å²) in [5.74, 6) is 0.152. The highest BCUT2D eigenvalue weighted by Gasteiger charge is 2.16. The largest absolute Gasteiger partial charge is 0.314 e. The molecule has 0 aliphatic heterocycles. The summed E-state index contributed by atoms with van der Waals surface area (Å²) in [5.41, 5.74) is 0.905. The summed E-state index contributed by atoms with van der Waals surface area (Å²) in [6.07, 6.45) is 0.739. The molecule has 0 amide bonds. The van der Waals surface area contributed by atoms with E-state index in [-0.39, 0.29) is 11.8 Å². The van der Waals surface area contributed by atoms with E-state index in [1.54, 1.807) is 19.1 Å². The Morgan fingerprint density at radius 1 is 1.24 bits per heavy atom. The molecule has 1 N–H and O–H groups in total. The molecule has 0 aliphatic carbocycles. The lowest BCUT2D eigenvalue weighted by Crippen LogP contribution is -2.28. The van der Waals surface area contributed by atoms with Gasteiger partial charge in [-0.1, -0.05) is 32.0 Å². The van der Waals surface area contributed by atoms with E-state index < -0.39 is 9.84 Å². The molecule has 0 saturated carbocycles. The Labute approximate surface area is 104 Å². The van der Waals surface area contributed by atoms with Gasteiger partial charge in [0.15, 0.2) is 9.84 Å². The predicted octanol–water partition coefficient (Wildman–Crippen LogP) is 2.02. The summed E-state index contributed by atoms with van der Waals surface area (Å²) in [5, 5.41) is 3.30. The highest BCUT2D eigenvalue weighted by atomic mass is 32.2. The topological polar surface area (TPSA) is 46.2 Å². The van der Waals surface area contributed by atoms with E-state index in [9.17, 15) is 8.42 Å². The van der Waals surface area contributed by atoms with E-state index in [0.29, 0.717) is 4.90 Å². The molecule has 0 aromatic heterocycles. The molecule has 1 aromatic carbocycles. The van der Waals surface area contributed by atoms with Crippen LogP contribution in [-0.4, -0.2) is 26.8 Å². The fourth-order valence-corrected chi connectivity index (χ4v) is 3.03. The normalized spacial score (nSPS) is 13.6. The summed E-state index contributed by atoms with van der Waals surface area (Å²) in [6, 6.07) is 7.56. The lowest BCUT2D eigenvalue weighted by molar-refractivity contribution is 0.558. The van der Waals surface area contributed by atoms with E-state index in [1.807, 2.05) is 19.1 Å². The van der Waals surface area contributed by atoms with Gasteiger partial charge in [-0.3, -0.25) is 0 Å². The van der Waals surface area contributed by atoms with Crippen molar-refractivity contribution in [2.75, 3.05) is 12.3 Å².